The summed E-state index contributed by atoms with van der Waals surface area (Å²) in [6, 6.07) is -0.391. The zero-order valence-corrected chi connectivity index (χ0v) is 16.4. The van der Waals surface area contributed by atoms with Gasteiger partial charge in [-0.2, -0.15) is 0 Å². The molecule has 2 rings (SSSR count). The molecule has 2 saturated heterocycles. The topological polar surface area (TPSA) is 69.9 Å². The third-order valence-corrected chi connectivity index (χ3v) is 4.54. The van der Waals surface area contributed by atoms with Gasteiger partial charge in [-0.05, 0) is 25.2 Å². The van der Waals surface area contributed by atoms with Gasteiger partial charge in [0, 0.05) is 39.3 Å². The Labute approximate surface area is 157 Å². The van der Waals surface area contributed by atoms with Crippen molar-refractivity contribution < 1.29 is 9.59 Å². The van der Waals surface area contributed by atoms with Crippen molar-refractivity contribution in [1.82, 2.24) is 14.7 Å². The largest absolute Gasteiger partial charge is 0.342 e. The SMILES string of the molecule is CC(C)C[C@H](N)C(=O)N1CCN(CC(=O)N2CCCC2)CC1.Cl.Cl. The van der Waals surface area contributed by atoms with E-state index in [1.807, 2.05) is 9.80 Å². The van der Waals surface area contributed by atoms with Gasteiger partial charge in [0.1, 0.15) is 0 Å². The van der Waals surface area contributed by atoms with Gasteiger partial charge in [0.15, 0.2) is 0 Å². The minimum Gasteiger partial charge on any atom is -0.342 e. The number of carbonyl (C=O) groups is 2. The van der Waals surface area contributed by atoms with Gasteiger partial charge in [-0.3, -0.25) is 14.5 Å². The Morgan fingerprint density at radius 1 is 0.917 bits per heavy atom. The summed E-state index contributed by atoms with van der Waals surface area (Å²) in [4.78, 5) is 30.4. The van der Waals surface area contributed by atoms with E-state index in [9.17, 15) is 9.59 Å². The van der Waals surface area contributed by atoms with Crippen molar-refractivity contribution in [3.8, 4) is 0 Å². The first-order valence-corrected chi connectivity index (χ1v) is 8.52. The molecule has 0 aromatic rings. The van der Waals surface area contributed by atoms with Gasteiger partial charge in [0.05, 0.1) is 12.6 Å². The van der Waals surface area contributed by atoms with Crippen molar-refractivity contribution in [2.75, 3.05) is 45.8 Å². The van der Waals surface area contributed by atoms with Crippen LogP contribution in [0.3, 0.4) is 0 Å². The number of nitrogens with two attached hydrogens (primary N) is 1. The summed E-state index contributed by atoms with van der Waals surface area (Å²) in [5.41, 5.74) is 5.98. The Kier molecular flexibility index (Phi) is 10.9. The number of halogens is 2. The van der Waals surface area contributed by atoms with Gasteiger partial charge >= 0.3 is 0 Å². The Balaban J connectivity index is 0.00000264. The highest BCUT2D eigenvalue weighted by molar-refractivity contribution is 5.85. The van der Waals surface area contributed by atoms with E-state index >= 15 is 0 Å². The van der Waals surface area contributed by atoms with Crippen LogP contribution in [0.4, 0.5) is 0 Å². The summed E-state index contributed by atoms with van der Waals surface area (Å²) in [7, 11) is 0. The summed E-state index contributed by atoms with van der Waals surface area (Å²) in [6.07, 6.45) is 2.98. The average molecular weight is 383 g/mol. The quantitative estimate of drug-likeness (QED) is 0.768. The molecule has 0 radical (unpaired) electrons. The van der Waals surface area contributed by atoms with E-state index in [4.69, 9.17) is 5.73 Å². The van der Waals surface area contributed by atoms with Crippen LogP contribution in [0.1, 0.15) is 33.1 Å². The molecule has 142 valence electrons. The highest BCUT2D eigenvalue weighted by Gasteiger charge is 2.27. The average Bonchev–Trinajstić information content (AvgIpc) is 3.01. The molecule has 0 spiro atoms. The number of hydrogen-bond acceptors (Lipinski definition) is 4. The van der Waals surface area contributed by atoms with Crippen LogP contribution in [-0.2, 0) is 9.59 Å². The van der Waals surface area contributed by atoms with Crippen LogP contribution in [-0.4, -0.2) is 78.4 Å². The number of likely N-dealkylation sites (tertiary alicyclic amines) is 1. The molecule has 2 aliphatic rings. The highest BCUT2D eigenvalue weighted by atomic mass is 35.5. The van der Waals surface area contributed by atoms with Crippen molar-refractivity contribution in [3.05, 3.63) is 0 Å². The lowest BCUT2D eigenvalue weighted by atomic mass is 10.0. The number of amides is 2. The Bertz CT molecular complexity index is 396. The molecule has 2 amide bonds. The van der Waals surface area contributed by atoms with Gasteiger partial charge in [0.25, 0.3) is 0 Å². The fourth-order valence-corrected chi connectivity index (χ4v) is 3.23. The standard InChI is InChI=1S/C16H30N4O2.2ClH/c1-13(2)11-14(17)16(22)20-9-7-18(8-10-20)12-15(21)19-5-3-4-6-19;;/h13-14H,3-12,17H2,1-2H3;2*1H/t14-;;/m0../s1. The maximum absolute atomic E-state index is 12.3. The van der Waals surface area contributed by atoms with Gasteiger partial charge in [-0.15, -0.1) is 24.8 Å². The van der Waals surface area contributed by atoms with Crippen LogP contribution in [0.2, 0.25) is 0 Å². The number of nitrogens with zero attached hydrogens (tertiary/aromatic N) is 3. The second-order valence-electron chi connectivity index (χ2n) is 6.93. The Morgan fingerprint density at radius 2 is 1.46 bits per heavy atom. The van der Waals surface area contributed by atoms with E-state index in [0.29, 0.717) is 25.6 Å². The second kappa shape index (κ2) is 11.1. The summed E-state index contributed by atoms with van der Waals surface area (Å²) in [6.45, 7) is 9.34. The van der Waals surface area contributed by atoms with E-state index in [1.165, 1.54) is 0 Å². The molecular weight excluding hydrogens is 351 g/mol. The maximum Gasteiger partial charge on any atom is 0.239 e. The lowest BCUT2D eigenvalue weighted by molar-refractivity contribution is -0.136. The number of hydrogen-bond donors (Lipinski definition) is 1. The Morgan fingerprint density at radius 3 is 1.96 bits per heavy atom. The van der Waals surface area contributed by atoms with Gasteiger partial charge < -0.3 is 15.5 Å². The molecular formula is C16H32Cl2N4O2. The summed E-state index contributed by atoms with van der Waals surface area (Å²) < 4.78 is 0. The summed E-state index contributed by atoms with van der Waals surface area (Å²) in [5.74, 6) is 0.714. The predicted octanol–water partition coefficient (Wildman–Crippen LogP) is 0.970. The molecule has 2 heterocycles. The zero-order valence-electron chi connectivity index (χ0n) is 14.8. The van der Waals surface area contributed by atoms with Crippen LogP contribution < -0.4 is 5.73 Å². The third-order valence-electron chi connectivity index (χ3n) is 4.54. The molecule has 8 heteroatoms. The van der Waals surface area contributed by atoms with E-state index in [-0.39, 0.29) is 36.6 Å². The van der Waals surface area contributed by atoms with Crippen molar-refractivity contribution in [1.29, 1.82) is 0 Å². The van der Waals surface area contributed by atoms with Crippen molar-refractivity contribution in [2.45, 2.75) is 39.2 Å². The fourth-order valence-electron chi connectivity index (χ4n) is 3.23. The zero-order chi connectivity index (χ0) is 16.1. The molecule has 1 atom stereocenters. The number of rotatable bonds is 5. The van der Waals surface area contributed by atoms with E-state index in [2.05, 4.69) is 18.7 Å². The molecule has 0 unspecified atom stereocenters. The van der Waals surface area contributed by atoms with Gasteiger partial charge in [-0.1, -0.05) is 13.8 Å². The van der Waals surface area contributed by atoms with Crippen LogP contribution >= 0.6 is 24.8 Å². The van der Waals surface area contributed by atoms with Crippen molar-refractivity contribution >= 4 is 36.6 Å². The molecule has 0 aromatic heterocycles. The molecule has 2 N–H and O–H groups in total. The first-order chi connectivity index (χ1) is 10.5. The normalized spacial score (nSPS) is 19.7. The second-order valence-corrected chi connectivity index (χ2v) is 6.93. The number of carbonyl (C=O) groups excluding carboxylic acids is 2. The van der Waals surface area contributed by atoms with Crippen LogP contribution in [0.15, 0.2) is 0 Å². The first kappa shape index (κ1) is 23.4. The van der Waals surface area contributed by atoms with Crippen LogP contribution in [0.5, 0.6) is 0 Å². The maximum atomic E-state index is 12.3. The molecule has 2 fully saturated rings. The first-order valence-electron chi connectivity index (χ1n) is 8.52. The highest BCUT2D eigenvalue weighted by Crippen LogP contribution is 2.11. The van der Waals surface area contributed by atoms with Crippen LogP contribution in [0, 0.1) is 5.92 Å². The molecule has 2 aliphatic heterocycles. The lowest BCUT2D eigenvalue weighted by Crippen LogP contribution is -2.54. The summed E-state index contributed by atoms with van der Waals surface area (Å²) in [5, 5.41) is 0. The lowest BCUT2D eigenvalue weighted by Gasteiger charge is -2.36. The smallest absolute Gasteiger partial charge is 0.239 e. The molecule has 0 saturated carbocycles. The molecule has 0 aromatic carbocycles. The molecule has 0 aliphatic carbocycles. The van der Waals surface area contributed by atoms with E-state index in [0.717, 1.165) is 45.4 Å². The predicted molar refractivity (Wildman–Crippen MR) is 101 cm³/mol. The monoisotopic (exact) mass is 382 g/mol. The fraction of sp³-hybridized carbons (Fsp3) is 0.875. The minimum atomic E-state index is -0.391. The number of piperazine rings is 1. The molecule has 0 bridgehead atoms. The van der Waals surface area contributed by atoms with E-state index in [1.54, 1.807) is 0 Å². The third kappa shape index (κ3) is 6.75. The van der Waals surface area contributed by atoms with Gasteiger partial charge in [-0.25, -0.2) is 0 Å². The van der Waals surface area contributed by atoms with Crippen molar-refractivity contribution in [2.24, 2.45) is 11.7 Å². The minimum absolute atomic E-state index is 0. The van der Waals surface area contributed by atoms with Gasteiger partial charge in [0.2, 0.25) is 11.8 Å². The van der Waals surface area contributed by atoms with Crippen LogP contribution in [0.25, 0.3) is 0 Å². The van der Waals surface area contributed by atoms with E-state index < -0.39 is 6.04 Å². The van der Waals surface area contributed by atoms with Crippen molar-refractivity contribution in [3.63, 3.8) is 0 Å². The molecule has 6 nitrogen and oxygen atoms in total. The summed E-state index contributed by atoms with van der Waals surface area (Å²) >= 11 is 0. The Hall–Kier alpha value is -0.560. The molecule has 24 heavy (non-hydrogen) atoms.